The van der Waals surface area contributed by atoms with Crippen LogP contribution in [0, 0.1) is 5.92 Å². The first-order valence-electron chi connectivity index (χ1n) is 8.53. The summed E-state index contributed by atoms with van der Waals surface area (Å²) in [6.45, 7) is 4.24. The van der Waals surface area contributed by atoms with E-state index < -0.39 is 0 Å². The van der Waals surface area contributed by atoms with E-state index in [9.17, 15) is 14.4 Å². The molecule has 3 N–H and O–H groups in total. The van der Waals surface area contributed by atoms with Crippen molar-refractivity contribution in [3.05, 3.63) is 0 Å². The second kappa shape index (κ2) is 8.29. The Bertz CT molecular complexity index is 447. The van der Waals surface area contributed by atoms with E-state index in [-0.39, 0.29) is 29.7 Å². The van der Waals surface area contributed by atoms with E-state index in [2.05, 4.69) is 5.32 Å². The second-order valence-corrected chi connectivity index (χ2v) is 6.55. The smallest absolute Gasteiger partial charge is 0.224 e. The molecule has 0 bridgehead atoms. The van der Waals surface area contributed by atoms with Gasteiger partial charge in [-0.2, -0.15) is 0 Å². The second-order valence-electron chi connectivity index (χ2n) is 6.55. The van der Waals surface area contributed by atoms with Crippen LogP contribution in [0.15, 0.2) is 0 Å². The van der Waals surface area contributed by atoms with E-state index in [0.29, 0.717) is 45.6 Å². The average molecular weight is 324 g/mol. The van der Waals surface area contributed by atoms with E-state index >= 15 is 0 Å². The molecular formula is C16H28N4O3. The topological polar surface area (TPSA) is 95.7 Å². The highest BCUT2D eigenvalue weighted by Crippen LogP contribution is 2.26. The predicted molar refractivity (Wildman–Crippen MR) is 86.4 cm³/mol. The third-order valence-corrected chi connectivity index (χ3v) is 4.90. The van der Waals surface area contributed by atoms with Crippen LogP contribution in [0.5, 0.6) is 0 Å². The highest BCUT2D eigenvalue weighted by atomic mass is 16.2. The van der Waals surface area contributed by atoms with Gasteiger partial charge in [-0.3, -0.25) is 14.4 Å². The average Bonchev–Trinajstić information content (AvgIpc) is 2.92. The largest absolute Gasteiger partial charge is 0.356 e. The zero-order valence-electron chi connectivity index (χ0n) is 13.9. The number of rotatable bonds is 5. The van der Waals surface area contributed by atoms with Gasteiger partial charge in [0.05, 0.1) is 0 Å². The lowest BCUT2D eigenvalue weighted by Gasteiger charge is -2.34. The summed E-state index contributed by atoms with van der Waals surface area (Å²) in [5.41, 5.74) is 5.97. The molecule has 7 nitrogen and oxygen atoms in total. The molecule has 1 heterocycles. The molecule has 0 spiro atoms. The first-order valence-corrected chi connectivity index (χ1v) is 8.53. The van der Waals surface area contributed by atoms with Gasteiger partial charge in [-0.25, -0.2) is 0 Å². The number of nitrogens with one attached hydrogen (secondary N) is 1. The predicted octanol–water partition coefficient (Wildman–Crippen LogP) is -0.299. The molecule has 23 heavy (non-hydrogen) atoms. The van der Waals surface area contributed by atoms with Crippen molar-refractivity contribution in [1.82, 2.24) is 15.1 Å². The van der Waals surface area contributed by atoms with Gasteiger partial charge in [0, 0.05) is 58.5 Å². The van der Waals surface area contributed by atoms with Crippen molar-refractivity contribution in [3.63, 3.8) is 0 Å². The van der Waals surface area contributed by atoms with Crippen LogP contribution in [0.4, 0.5) is 0 Å². The summed E-state index contributed by atoms with van der Waals surface area (Å²) < 4.78 is 0. The van der Waals surface area contributed by atoms with E-state index in [1.807, 2.05) is 0 Å². The van der Waals surface area contributed by atoms with Crippen molar-refractivity contribution in [2.75, 3.05) is 32.7 Å². The standard InChI is InChI=1S/C16H28N4O3/c1-12(21)19-7-9-20(10-8-19)16(23)5-6-18-15(22)11-13-3-2-4-14(13)17/h13-14H,2-11,17H2,1H3,(H,18,22)/t13-,14+/m0/s1. The van der Waals surface area contributed by atoms with Crippen LogP contribution in [-0.4, -0.2) is 66.3 Å². The van der Waals surface area contributed by atoms with Gasteiger partial charge in [0.25, 0.3) is 0 Å². The van der Waals surface area contributed by atoms with Crippen molar-refractivity contribution < 1.29 is 14.4 Å². The first-order chi connectivity index (χ1) is 11.0. The summed E-state index contributed by atoms with van der Waals surface area (Å²) in [6.07, 6.45) is 3.90. The fourth-order valence-corrected chi connectivity index (χ4v) is 3.37. The van der Waals surface area contributed by atoms with Crippen LogP contribution in [-0.2, 0) is 14.4 Å². The molecule has 0 aromatic rings. The maximum atomic E-state index is 12.1. The summed E-state index contributed by atoms with van der Waals surface area (Å²) in [4.78, 5) is 38.8. The molecule has 130 valence electrons. The molecule has 2 aliphatic rings. The molecule has 0 aromatic carbocycles. The highest BCUT2D eigenvalue weighted by molar-refractivity contribution is 5.79. The van der Waals surface area contributed by atoms with Gasteiger partial charge in [-0.15, -0.1) is 0 Å². The Balaban J connectivity index is 1.61. The van der Waals surface area contributed by atoms with Crippen molar-refractivity contribution in [1.29, 1.82) is 0 Å². The van der Waals surface area contributed by atoms with Gasteiger partial charge in [0.15, 0.2) is 0 Å². The van der Waals surface area contributed by atoms with Crippen molar-refractivity contribution in [3.8, 4) is 0 Å². The molecule has 1 aliphatic carbocycles. The number of amides is 3. The number of nitrogens with zero attached hydrogens (tertiary/aromatic N) is 2. The Hall–Kier alpha value is -1.63. The molecule has 1 saturated carbocycles. The molecule has 1 aliphatic heterocycles. The Labute approximate surface area is 137 Å². The third kappa shape index (κ3) is 5.20. The maximum Gasteiger partial charge on any atom is 0.224 e. The molecule has 2 rings (SSSR count). The lowest BCUT2D eigenvalue weighted by atomic mass is 10.00. The highest BCUT2D eigenvalue weighted by Gasteiger charge is 2.26. The minimum absolute atomic E-state index is 0.0125. The third-order valence-electron chi connectivity index (χ3n) is 4.90. The first kappa shape index (κ1) is 17.7. The van der Waals surface area contributed by atoms with Gasteiger partial charge >= 0.3 is 0 Å². The van der Waals surface area contributed by atoms with Crippen molar-refractivity contribution in [2.24, 2.45) is 11.7 Å². The molecule has 3 amide bonds. The van der Waals surface area contributed by atoms with Gasteiger partial charge in [0.2, 0.25) is 17.7 Å². The summed E-state index contributed by atoms with van der Waals surface area (Å²) in [6, 6.07) is 0.139. The molecule has 1 saturated heterocycles. The van der Waals surface area contributed by atoms with Gasteiger partial charge in [-0.1, -0.05) is 6.42 Å². The zero-order chi connectivity index (χ0) is 16.8. The van der Waals surface area contributed by atoms with Crippen LogP contribution >= 0.6 is 0 Å². The Kier molecular flexibility index (Phi) is 6.38. The minimum Gasteiger partial charge on any atom is -0.356 e. The SMILES string of the molecule is CC(=O)N1CCN(C(=O)CCNC(=O)C[C@@H]2CCC[C@H]2N)CC1. The Morgan fingerprint density at radius 1 is 1.09 bits per heavy atom. The molecule has 0 unspecified atom stereocenters. The summed E-state index contributed by atoms with van der Waals surface area (Å²) in [5.74, 6) is 0.354. The summed E-state index contributed by atoms with van der Waals surface area (Å²) in [7, 11) is 0. The van der Waals surface area contributed by atoms with Crippen molar-refractivity contribution >= 4 is 17.7 Å². The zero-order valence-corrected chi connectivity index (χ0v) is 13.9. The van der Waals surface area contributed by atoms with E-state index in [1.54, 1.807) is 16.7 Å². The lowest BCUT2D eigenvalue weighted by molar-refractivity contribution is -0.138. The molecule has 2 fully saturated rings. The van der Waals surface area contributed by atoms with Crippen molar-refractivity contribution in [2.45, 2.75) is 45.1 Å². The van der Waals surface area contributed by atoms with Gasteiger partial charge in [-0.05, 0) is 18.8 Å². The van der Waals surface area contributed by atoms with Crippen LogP contribution in [0.1, 0.15) is 39.0 Å². The molecule has 7 heteroatoms. The van der Waals surface area contributed by atoms with Crippen LogP contribution in [0.2, 0.25) is 0 Å². The Morgan fingerprint density at radius 3 is 2.30 bits per heavy atom. The van der Waals surface area contributed by atoms with Crippen LogP contribution in [0.25, 0.3) is 0 Å². The lowest BCUT2D eigenvalue weighted by Crippen LogP contribution is -2.50. The molecule has 2 atom stereocenters. The normalized spacial score (nSPS) is 24.6. The Morgan fingerprint density at radius 2 is 1.74 bits per heavy atom. The number of nitrogens with two attached hydrogens (primary N) is 1. The fraction of sp³-hybridized carbons (Fsp3) is 0.812. The van der Waals surface area contributed by atoms with Gasteiger partial charge in [0.1, 0.15) is 0 Å². The number of hydrogen-bond donors (Lipinski definition) is 2. The van der Waals surface area contributed by atoms with E-state index in [4.69, 9.17) is 5.73 Å². The number of carbonyl (C=O) groups is 3. The van der Waals surface area contributed by atoms with E-state index in [1.165, 1.54) is 0 Å². The quantitative estimate of drug-likeness (QED) is 0.726. The number of piperazine rings is 1. The van der Waals surface area contributed by atoms with Gasteiger partial charge < -0.3 is 20.9 Å². The monoisotopic (exact) mass is 324 g/mol. The molecular weight excluding hydrogens is 296 g/mol. The molecule has 0 aromatic heterocycles. The minimum atomic E-state index is -0.0125. The van der Waals surface area contributed by atoms with E-state index in [0.717, 1.165) is 19.3 Å². The number of carbonyl (C=O) groups excluding carboxylic acids is 3. The molecule has 0 radical (unpaired) electrons. The maximum absolute atomic E-state index is 12.1. The van der Waals surface area contributed by atoms with Crippen LogP contribution < -0.4 is 11.1 Å². The van der Waals surface area contributed by atoms with Crippen LogP contribution in [0.3, 0.4) is 0 Å². The summed E-state index contributed by atoms with van der Waals surface area (Å²) >= 11 is 0. The summed E-state index contributed by atoms with van der Waals surface area (Å²) in [5, 5.41) is 2.82. The number of hydrogen-bond acceptors (Lipinski definition) is 4. The fourth-order valence-electron chi connectivity index (χ4n) is 3.37.